The zero-order valence-corrected chi connectivity index (χ0v) is 15.6. The highest BCUT2D eigenvalue weighted by Crippen LogP contribution is 2.28. The van der Waals surface area contributed by atoms with Crippen molar-refractivity contribution in [3.63, 3.8) is 0 Å². The molecule has 2 amide bonds. The third-order valence-corrected chi connectivity index (χ3v) is 3.95. The summed E-state index contributed by atoms with van der Waals surface area (Å²) in [6.07, 6.45) is 0.842. The molecule has 0 radical (unpaired) electrons. The quantitative estimate of drug-likeness (QED) is 0.768. The Bertz CT molecular complexity index is 808. The van der Waals surface area contributed by atoms with E-state index in [0.717, 1.165) is 5.56 Å². The molecule has 2 aromatic carbocycles. The van der Waals surface area contributed by atoms with E-state index in [1.54, 1.807) is 37.4 Å². The number of hydrogen-bond donors (Lipinski definition) is 2. The van der Waals surface area contributed by atoms with Crippen molar-refractivity contribution >= 4 is 34.8 Å². The van der Waals surface area contributed by atoms with Gasteiger partial charge in [0.2, 0.25) is 11.8 Å². The van der Waals surface area contributed by atoms with Crippen LogP contribution in [0.3, 0.4) is 0 Å². The number of halogens is 1. The molecule has 0 aliphatic carbocycles. The van der Waals surface area contributed by atoms with Gasteiger partial charge in [0.05, 0.1) is 24.9 Å². The number of nitrogens with one attached hydrogen (secondary N) is 2. The lowest BCUT2D eigenvalue weighted by Crippen LogP contribution is -2.13. The maximum absolute atomic E-state index is 12.2. The number of anilines is 2. The SMILES string of the molecule is COc1ccc(CCC(=O)Nc2ccc(OC)c(NC(C)=O)c2)cc1Cl. The maximum atomic E-state index is 12.2. The molecule has 0 saturated carbocycles. The summed E-state index contributed by atoms with van der Waals surface area (Å²) in [5.41, 5.74) is 2.02. The molecule has 138 valence electrons. The number of aryl methyl sites for hydroxylation is 1. The zero-order valence-electron chi connectivity index (χ0n) is 14.9. The van der Waals surface area contributed by atoms with Crippen molar-refractivity contribution in [1.29, 1.82) is 0 Å². The number of ether oxygens (including phenoxy) is 2. The first-order valence-electron chi connectivity index (χ1n) is 8.01. The number of rotatable bonds is 7. The van der Waals surface area contributed by atoms with E-state index in [9.17, 15) is 9.59 Å². The molecule has 2 rings (SSSR count). The molecule has 2 aromatic rings. The Hall–Kier alpha value is -2.73. The molecule has 0 heterocycles. The minimum absolute atomic E-state index is 0.143. The van der Waals surface area contributed by atoms with Gasteiger partial charge in [0.25, 0.3) is 0 Å². The van der Waals surface area contributed by atoms with Gasteiger partial charge in [-0.3, -0.25) is 9.59 Å². The van der Waals surface area contributed by atoms with Crippen LogP contribution in [0, 0.1) is 0 Å². The first kappa shape index (κ1) is 19.6. The monoisotopic (exact) mass is 376 g/mol. The predicted octanol–water partition coefficient (Wildman–Crippen LogP) is 3.89. The highest BCUT2D eigenvalue weighted by atomic mass is 35.5. The van der Waals surface area contributed by atoms with Crippen LogP contribution in [0.15, 0.2) is 36.4 Å². The number of methoxy groups -OCH3 is 2. The molecule has 26 heavy (non-hydrogen) atoms. The smallest absolute Gasteiger partial charge is 0.224 e. The van der Waals surface area contributed by atoms with Crippen LogP contribution in [0.25, 0.3) is 0 Å². The number of carbonyl (C=O) groups is 2. The average molecular weight is 377 g/mol. The predicted molar refractivity (Wildman–Crippen MR) is 102 cm³/mol. The van der Waals surface area contributed by atoms with Crippen LogP contribution < -0.4 is 20.1 Å². The summed E-state index contributed by atoms with van der Waals surface area (Å²) in [6.45, 7) is 1.41. The Morgan fingerprint density at radius 2 is 1.69 bits per heavy atom. The van der Waals surface area contributed by atoms with E-state index in [4.69, 9.17) is 21.1 Å². The van der Waals surface area contributed by atoms with Gasteiger partial charge in [0.15, 0.2) is 0 Å². The fourth-order valence-electron chi connectivity index (χ4n) is 2.42. The van der Waals surface area contributed by atoms with Crippen molar-refractivity contribution in [2.75, 3.05) is 24.9 Å². The molecule has 0 atom stereocenters. The van der Waals surface area contributed by atoms with Gasteiger partial charge in [-0.25, -0.2) is 0 Å². The second kappa shape index (κ2) is 9.10. The summed E-state index contributed by atoms with van der Waals surface area (Å²) in [5, 5.41) is 6.00. The van der Waals surface area contributed by atoms with Gasteiger partial charge in [-0.15, -0.1) is 0 Å². The van der Waals surface area contributed by atoms with E-state index < -0.39 is 0 Å². The lowest BCUT2D eigenvalue weighted by atomic mass is 10.1. The van der Waals surface area contributed by atoms with Gasteiger partial charge < -0.3 is 20.1 Å². The van der Waals surface area contributed by atoms with Crippen LogP contribution in [0.5, 0.6) is 11.5 Å². The van der Waals surface area contributed by atoms with Crippen molar-refractivity contribution in [1.82, 2.24) is 0 Å². The summed E-state index contributed by atoms with van der Waals surface area (Å²) >= 11 is 6.09. The largest absolute Gasteiger partial charge is 0.495 e. The van der Waals surface area contributed by atoms with Crippen molar-refractivity contribution in [2.24, 2.45) is 0 Å². The first-order chi connectivity index (χ1) is 12.4. The molecule has 6 nitrogen and oxygen atoms in total. The van der Waals surface area contributed by atoms with Gasteiger partial charge >= 0.3 is 0 Å². The molecule has 0 unspecified atom stereocenters. The lowest BCUT2D eigenvalue weighted by Gasteiger charge is -2.12. The Labute approximate surface area is 157 Å². The van der Waals surface area contributed by atoms with Crippen molar-refractivity contribution in [2.45, 2.75) is 19.8 Å². The number of benzene rings is 2. The molecule has 0 aliphatic heterocycles. The average Bonchev–Trinajstić information content (AvgIpc) is 2.60. The van der Waals surface area contributed by atoms with Crippen LogP contribution in [-0.4, -0.2) is 26.0 Å². The Balaban J connectivity index is 1.99. The number of amides is 2. The maximum Gasteiger partial charge on any atom is 0.224 e. The molecule has 0 spiro atoms. The summed E-state index contributed by atoms with van der Waals surface area (Å²) in [6, 6.07) is 10.5. The van der Waals surface area contributed by atoms with E-state index in [2.05, 4.69) is 10.6 Å². The summed E-state index contributed by atoms with van der Waals surface area (Å²) in [4.78, 5) is 23.5. The van der Waals surface area contributed by atoms with Crippen molar-refractivity contribution < 1.29 is 19.1 Å². The molecule has 0 aromatic heterocycles. The van der Waals surface area contributed by atoms with Crippen LogP contribution in [-0.2, 0) is 16.0 Å². The van der Waals surface area contributed by atoms with Crippen LogP contribution in [0.2, 0.25) is 5.02 Å². The fourth-order valence-corrected chi connectivity index (χ4v) is 2.70. The number of carbonyl (C=O) groups excluding carboxylic acids is 2. The van der Waals surface area contributed by atoms with Gasteiger partial charge in [0, 0.05) is 19.0 Å². The molecule has 2 N–H and O–H groups in total. The minimum Gasteiger partial charge on any atom is -0.495 e. The molecular weight excluding hydrogens is 356 g/mol. The molecule has 0 bridgehead atoms. The normalized spacial score (nSPS) is 10.2. The van der Waals surface area contributed by atoms with E-state index in [0.29, 0.717) is 40.7 Å². The molecular formula is C19H21ClN2O4. The first-order valence-corrected chi connectivity index (χ1v) is 8.38. The second-order valence-electron chi connectivity index (χ2n) is 5.61. The van der Waals surface area contributed by atoms with Crippen molar-refractivity contribution in [3.05, 3.63) is 47.0 Å². The summed E-state index contributed by atoms with van der Waals surface area (Å²) in [5.74, 6) is 0.758. The van der Waals surface area contributed by atoms with Gasteiger partial charge in [-0.1, -0.05) is 17.7 Å². The van der Waals surface area contributed by atoms with E-state index >= 15 is 0 Å². The third kappa shape index (κ3) is 5.39. The summed E-state index contributed by atoms with van der Waals surface area (Å²) in [7, 11) is 3.07. The minimum atomic E-state index is -0.219. The Morgan fingerprint density at radius 3 is 2.31 bits per heavy atom. The molecule has 7 heteroatoms. The van der Waals surface area contributed by atoms with Gasteiger partial charge in [0.1, 0.15) is 11.5 Å². The zero-order chi connectivity index (χ0) is 19.1. The van der Waals surface area contributed by atoms with Crippen LogP contribution in [0.4, 0.5) is 11.4 Å². The standard InChI is InChI=1S/C19H21ClN2O4/c1-12(23)21-16-11-14(6-8-18(16)26-3)22-19(24)9-5-13-4-7-17(25-2)15(20)10-13/h4,6-8,10-11H,5,9H2,1-3H3,(H,21,23)(H,22,24). The second-order valence-corrected chi connectivity index (χ2v) is 6.02. The van der Waals surface area contributed by atoms with Crippen molar-refractivity contribution in [3.8, 4) is 11.5 Å². The Kier molecular flexibility index (Phi) is 6.86. The summed E-state index contributed by atoms with van der Waals surface area (Å²) < 4.78 is 10.3. The highest BCUT2D eigenvalue weighted by Gasteiger charge is 2.09. The van der Waals surface area contributed by atoms with Crippen LogP contribution >= 0.6 is 11.6 Å². The number of hydrogen-bond acceptors (Lipinski definition) is 4. The highest BCUT2D eigenvalue weighted by molar-refractivity contribution is 6.32. The van der Waals surface area contributed by atoms with Crippen LogP contribution in [0.1, 0.15) is 18.9 Å². The van der Waals surface area contributed by atoms with Gasteiger partial charge in [-0.2, -0.15) is 0 Å². The molecule has 0 saturated heterocycles. The Morgan fingerprint density at radius 1 is 1.00 bits per heavy atom. The van der Waals surface area contributed by atoms with Gasteiger partial charge in [-0.05, 0) is 42.3 Å². The fraction of sp³-hybridized carbons (Fsp3) is 0.263. The third-order valence-electron chi connectivity index (χ3n) is 3.65. The van der Waals surface area contributed by atoms with E-state index in [1.165, 1.54) is 14.0 Å². The topological polar surface area (TPSA) is 76.7 Å². The molecule has 0 aliphatic rings. The van der Waals surface area contributed by atoms with E-state index in [1.807, 2.05) is 6.07 Å². The lowest BCUT2D eigenvalue weighted by molar-refractivity contribution is -0.116. The van der Waals surface area contributed by atoms with E-state index in [-0.39, 0.29) is 11.8 Å². The molecule has 0 fully saturated rings.